The molecule has 0 aromatic rings. The summed E-state index contributed by atoms with van der Waals surface area (Å²) in [5.74, 6) is -1.68. The van der Waals surface area contributed by atoms with E-state index in [1.807, 2.05) is 0 Å². The number of carboxylic acid groups (broad SMARTS) is 1. The van der Waals surface area contributed by atoms with Crippen molar-refractivity contribution in [2.75, 3.05) is 27.3 Å². The Morgan fingerprint density at radius 1 is 1.39 bits per heavy atom. The smallest absolute Gasteiger partial charge is 0.326 e. The third-order valence-corrected chi connectivity index (χ3v) is 2.24. The predicted molar refractivity (Wildman–Crippen MR) is 60.9 cm³/mol. The molecule has 8 nitrogen and oxygen atoms in total. The highest BCUT2D eigenvalue weighted by Crippen LogP contribution is 1.96. The highest BCUT2D eigenvalue weighted by Gasteiger charge is 2.21. The van der Waals surface area contributed by atoms with E-state index in [1.54, 1.807) is 0 Å². The van der Waals surface area contributed by atoms with Gasteiger partial charge in [0.15, 0.2) is 0 Å². The highest BCUT2D eigenvalue weighted by atomic mass is 16.5. The van der Waals surface area contributed by atoms with Crippen molar-refractivity contribution < 1.29 is 29.3 Å². The quantitative estimate of drug-likeness (QED) is 0.508. The lowest BCUT2D eigenvalue weighted by molar-refractivity contribution is -0.141. The van der Waals surface area contributed by atoms with E-state index < -0.39 is 24.0 Å². The van der Waals surface area contributed by atoms with E-state index in [1.165, 1.54) is 19.1 Å². The van der Waals surface area contributed by atoms with Crippen LogP contribution in [-0.4, -0.2) is 66.4 Å². The van der Waals surface area contributed by atoms with Crippen LogP contribution >= 0.6 is 0 Å². The molecule has 0 bridgehead atoms. The second-order valence-corrected chi connectivity index (χ2v) is 3.60. The van der Waals surface area contributed by atoms with Crippen LogP contribution in [0.4, 0.5) is 4.79 Å². The second-order valence-electron chi connectivity index (χ2n) is 3.60. The Hall–Kier alpha value is -1.83. The van der Waals surface area contributed by atoms with Crippen molar-refractivity contribution >= 4 is 18.0 Å². The summed E-state index contributed by atoms with van der Waals surface area (Å²) < 4.78 is 4.41. The Balaban J connectivity index is 4.20. The summed E-state index contributed by atoms with van der Waals surface area (Å²) in [6.45, 7) is -0.229. The summed E-state index contributed by atoms with van der Waals surface area (Å²) >= 11 is 0. The zero-order valence-corrected chi connectivity index (χ0v) is 10.4. The molecule has 0 unspecified atom stereocenters. The molecule has 0 rings (SSSR count). The van der Waals surface area contributed by atoms with E-state index in [9.17, 15) is 14.4 Å². The van der Waals surface area contributed by atoms with Crippen LogP contribution in [0.1, 0.15) is 12.8 Å². The minimum absolute atomic E-state index is 0.0260. The number of aliphatic carboxylic acids is 1. The molecule has 0 saturated heterocycles. The molecule has 0 heterocycles. The number of esters is 1. The van der Waals surface area contributed by atoms with Crippen molar-refractivity contribution in [3.05, 3.63) is 0 Å². The lowest BCUT2D eigenvalue weighted by atomic mass is 10.2. The normalized spacial score (nSPS) is 11.5. The Labute approximate surface area is 105 Å². The topological polar surface area (TPSA) is 116 Å². The van der Waals surface area contributed by atoms with E-state index in [0.717, 1.165) is 0 Å². The monoisotopic (exact) mass is 262 g/mol. The first-order valence-electron chi connectivity index (χ1n) is 5.34. The molecule has 0 fully saturated rings. The lowest BCUT2D eigenvalue weighted by Crippen LogP contribution is -2.47. The number of carbonyl (C=O) groups excluding carboxylic acids is 2. The van der Waals surface area contributed by atoms with E-state index >= 15 is 0 Å². The minimum Gasteiger partial charge on any atom is -0.480 e. The number of nitrogens with zero attached hydrogens (tertiary/aromatic N) is 1. The number of aliphatic hydroxyl groups is 1. The zero-order chi connectivity index (χ0) is 14.1. The molecule has 0 aromatic heterocycles. The maximum atomic E-state index is 11.6. The molecule has 0 aliphatic rings. The fourth-order valence-electron chi connectivity index (χ4n) is 1.11. The second kappa shape index (κ2) is 8.29. The number of ether oxygens (including phenoxy) is 1. The Bertz CT molecular complexity index is 307. The van der Waals surface area contributed by atoms with Gasteiger partial charge in [0.1, 0.15) is 6.04 Å². The molecule has 18 heavy (non-hydrogen) atoms. The van der Waals surface area contributed by atoms with Gasteiger partial charge < -0.3 is 25.2 Å². The van der Waals surface area contributed by atoms with Gasteiger partial charge in [0.2, 0.25) is 0 Å². The van der Waals surface area contributed by atoms with Crippen molar-refractivity contribution in [2.45, 2.75) is 18.9 Å². The summed E-state index contributed by atoms with van der Waals surface area (Å²) in [4.78, 5) is 34.3. The average Bonchev–Trinajstić information content (AvgIpc) is 2.34. The van der Waals surface area contributed by atoms with Crippen LogP contribution in [0.2, 0.25) is 0 Å². The molecule has 8 heteroatoms. The molecular formula is C10H18N2O6. The summed E-state index contributed by atoms with van der Waals surface area (Å²) in [5, 5.41) is 19.7. The van der Waals surface area contributed by atoms with Crippen molar-refractivity contribution in [1.82, 2.24) is 10.2 Å². The van der Waals surface area contributed by atoms with Gasteiger partial charge in [0.25, 0.3) is 0 Å². The molecular weight excluding hydrogens is 244 g/mol. The van der Waals surface area contributed by atoms with Gasteiger partial charge in [-0.3, -0.25) is 4.79 Å². The van der Waals surface area contributed by atoms with E-state index in [2.05, 4.69) is 10.1 Å². The third kappa shape index (κ3) is 6.04. The largest absolute Gasteiger partial charge is 0.480 e. The predicted octanol–water partition coefficient (Wildman–Crippen LogP) is -0.973. The van der Waals surface area contributed by atoms with Gasteiger partial charge in [0, 0.05) is 26.6 Å². The molecule has 0 aliphatic heterocycles. The van der Waals surface area contributed by atoms with Crippen LogP contribution in [0, 0.1) is 0 Å². The first kappa shape index (κ1) is 16.2. The zero-order valence-electron chi connectivity index (χ0n) is 10.4. The van der Waals surface area contributed by atoms with Gasteiger partial charge in [0.05, 0.1) is 13.5 Å². The summed E-state index contributed by atoms with van der Waals surface area (Å²) in [5.41, 5.74) is 0. The summed E-state index contributed by atoms with van der Waals surface area (Å²) in [6, 6.07) is -1.78. The molecule has 0 aromatic carbocycles. The lowest BCUT2D eigenvalue weighted by Gasteiger charge is -2.20. The van der Waals surface area contributed by atoms with Crippen LogP contribution < -0.4 is 5.32 Å². The number of amides is 2. The van der Waals surface area contributed by atoms with Crippen molar-refractivity contribution in [2.24, 2.45) is 0 Å². The van der Waals surface area contributed by atoms with Gasteiger partial charge in [-0.15, -0.1) is 0 Å². The maximum Gasteiger partial charge on any atom is 0.326 e. The molecule has 3 N–H and O–H groups in total. The standard InChI is InChI=1S/C10H18N2O6/c1-12(5-3-8(14)18-2)10(17)11-7(4-6-13)9(15)16/h7,13H,3-6H2,1-2H3,(H,11,17)(H,15,16)/t7-/m0/s1. The number of aliphatic hydroxyl groups excluding tert-OH is 1. The van der Waals surface area contributed by atoms with Gasteiger partial charge in [-0.05, 0) is 0 Å². The molecule has 0 saturated carbocycles. The van der Waals surface area contributed by atoms with E-state index in [0.29, 0.717) is 0 Å². The van der Waals surface area contributed by atoms with Crippen LogP contribution in [-0.2, 0) is 14.3 Å². The minimum atomic E-state index is -1.22. The fourth-order valence-corrected chi connectivity index (χ4v) is 1.11. The molecule has 1 atom stereocenters. The van der Waals surface area contributed by atoms with Crippen molar-refractivity contribution in [3.8, 4) is 0 Å². The first-order chi connectivity index (χ1) is 8.42. The van der Waals surface area contributed by atoms with Crippen LogP contribution in [0.25, 0.3) is 0 Å². The molecule has 2 amide bonds. The Kier molecular flexibility index (Phi) is 7.45. The number of carbonyl (C=O) groups is 3. The number of urea groups is 1. The maximum absolute atomic E-state index is 11.6. The van der Waals surface area contributed by atoms with Crippen LogP contribution in [0.5, 0.6) is 0 Å². The van der Waals surface area contributed by atoms with E-state index in [4.69, 9.17) is 10.2 Å². The van der Waals surface area contributed by atoms with Gasteiger partial charge >= 0.3 is 18.0 Å². The van der Waals surface area contributed by atoms with E-state index in [-0.39, 0.29) is 26.0 Å². The fraction of sp³-hybridized carbons (Fsp3) is 0.700. The SMILES string of the molecule is COC(=O)CCN(C)C(=O)N[C@@H](CCO)C(=O)O. The first-order valence-corrected chi connectivity index (χ1v) is 5.34. The Morgan fingerprint density at radius 2 is 2.00 bits per heavy atom. The molecule has 0 spiro atoms. The van der Waals surface area contributed by atoms with Gasteiger partial charge in [-0.25, -0.2) is 9.59 Å². The van der Waals surface area contributed by atoms with Crippen LogP contribution in [0.15, 0.2) is 0 Å². The molecule has 0 aliphatic carbocycles. The number of nitrogens with one attached hydrogen (secondary N) is 1. The van der Waals surface area contributed by atoms with Gasteiger partial charge in [-0.1, -0.05) is 0 Å². The Morgan fingerprint density at radius 3 is 2.44 bits per heavy atom. The number of hydrogen-bond donors (Lipinski definition) is 3. The number of methoxy groups -OCH3 is 1. The van der Waals surface area contributed by atoms with Crippen molar-refractivity contribution in [3.63, 3.8) is 0 Å². The highest BCUT2D eigenvalue weighted by molar-refractivity contribution is 5.82. The average molecular weight is 262 g/mol. The molecule has 0 radical (unpaired) electrons. The van der Waals surface area contributed by atoms with Crippen LogP contribution in [0.3, 0.4) is 0 Å². The van der Waals surface area contributed by atoms with Crippen molar-refractivity contribution in [1.29, 1.82) is 0 Å². The van der Waals surface area contributed by atoms with Gasteiger partial charge in [-0.2, -0.15) is 0 Å². The summed E-state index contributed by atoms with van der Waals surface area (Å²) in [7, 11) is 2.67. The summed E-state index contributed by atoms with van der Waals surface area (Å²) in [6.07, 6.45) is -0.0515. The number of hydrogen-bond acceptors (Lipinski definition) is 5. The third-order valence-electron chi connectivity index (χ3n) is 2.24. The number of carboxylic acids is 1. The number of rotatable bonds is 7. The molecule has 104 valence electrons.